The van der Waals surface area contributed by atoms with Gasteiger partial charge in [0.25, 0.3) is 0 Å². The number of ether oxygens (including phenoxy) is 1. The van der Waals surface area contributed by atoms with Crippen LogP contribution in [0.4, 0.5) is 13.2 Å². The van der Waals surface area contributed by atoms with E-state index in [-0.39, 0.29) is 6.61 Å². The third-order valence-corrected chi connectivity index (χ3v) is 1.08. The van der Waals surface area contributed by atoms with E-state index < -0.39 is 25.0 Å². The van der Waals surface area contributed by atoms with Gasteiger partial charge in [0.15, 0.2) is 0 Å². The third-order valence-electron chi connectivity index (χ3n) is 1.08. The second-order valence-electron chi connectivity index (χ2n) is 2.34. The smallest absolute Gasteiger partial charge is 0.389 e. The summed E-state index contributed by atoms with van der Waals surface area (Å²) in [5.74, 6) is -0.783. The Morgan fingerprint density at radius 3 is 2.42 bits per heavy atom. The minimum Gasteiger partial charge on any atom is -0.466 e. The number of carbonyl (C=O) groups is 1. The first-order valence-corrected chi connectivity index (χ1v) is 3.68. The van der Waals surface area contributed by atoms with Crippen molar-refractivity contribution in [3.8, 4) is 0 Å². The van der Waals surface area contributed by atoms with Crippen molar-refractivity contribution in [1.82, 2.24) is 0 Å². The SMILES string of the molecule is CCCOC(=O)CCC(F)(F)F. The summed E-state index contributed by atoms with van der Waals surface area (Å²) in [6.07, 6.45) is -5.33. The quantitative estimate of drug-likeness (QED) is 0.626. The van der Waals surface area contributed by atoms with Gasteiger partial charge in [0.1, 0.15) is 0 Å². The molecule has 0 amide bonds. The first-order chi connectivity index (χ1) is 5.45. The summed E-state index contributed by atoms with van der Waals surface area (Å²) in [6.45, 7) is 1.97. The molecular weight excluding hydrogens is 173 g/mol. The number of hydrogen-bond acceptors (Lipinski definition) is 2. The molecule has 0 saturated carbocycles. The molecule has 0 radical (unpaired) electrons. The van der Waals surface area contributed by atoms with Crippen molar-refractivity contribution in [2.24, 2.45) is 0 Å². The second kappa shape index (κ2) is 5.00. The lowest BCUT2D eigenvalue weighted by Gasteiger charge is -2.05. The number of carbonyl (C=O) groups excluding carboxylic acids is 1. The van der Waals surface area contributed by atoms with E-state index in [4.69, 9.17) is 0 Å². The van der Waals surface area contributed by atoms with Crippen LogP contribution >= 0.6 is 0 Å². The van der Waals surface area contributed by atoms with Gasteiger partial charge < -0.3 is 4.74 Å². The Morgan fingerprint density at radius 1 is 1.42 bits per heavy atom. The first-order valence-electron chi connectivity index (χ1n) is 3.68. The van der Waals surface area contributed by atoms with Crippen molar-refractivity contribution in [3.05, 3.63) is 0 Å². The zero-order valence-electron chi connectivity index (χ0n) is 6.78. The zero-order chi connectivity index (χ0) is 9.61. The summed E-state index contributed by atoms with van der Waals surface area (Å²) >= 11 is 0. The number of hydrogen-bond donors (Lipinski definition) is 0. The Bertz CT molecular complexity index is 142. The maximum Gasteiger partial charge on any atom is 0.389 e. The molecule has 0 atom stereocenters. The van der Waals surface area contributed by atoms with Gasteiger partial charge in [0.05, 0.1) is 19.4 Å². The van der Waals surface area contributed by atoms with E-state index >= 15 is 0 Å². The van der Waals surface area contributed by atoms with Gasteiger partial charge in [-0.05, 0) is 6.42 Å². The van der Waals surface area contributed by atoms with Crippen LogP contribution in [0.2, 0.25) is 0 Å². The Labute approximate surface area is 68.7 Å². The van der Waals surface area contributed by atoms with Crippen molar-refractivity contribution < 1.29 is 22.7 Å². The number of halogens is 3. The fourth-order valence-electron chi connectivity index (χ4n) is 0.532. The highest BCUT2D eigenvalue weighted by atomic mass is 19.4. The van der Waals surface area contributed by atoms with Gasteiger partial charge in [-0.2, -0.15) is 13.2 Å². The van der Waals surface area contributed by atoms with Crippen LogP contribution in [0.5, 0.6) is 0 Å². The van der Waals surface area contributed by atoms with Gasteiger partial charge in [-0.25, -0.2) is 0 Å². The fourth-order valence-corrected chi connectivity index (χ4v) is 0.532. The minimum atomic E-state index is -4.27. The Balaban J connectivity index is 3.44. The van der Waals surface area contributed by atoms with Crippen LogP contribution in [-0.4, -0.2) is 18.8 Å². The van der Waals surface area contributed by atoms with Crippen LogP contribution in [0.25, 0.3) is 0 Å². The maximum absolute atomic E-state index is 11.5. The standard InChI is InChI=1S/C7H11F3O2/c1-2-5-12-6(11)3-4-7(8,9)10/h2-5H2,1H3. The number of alkyl halides is 3. The zero-order valence-corrected chi connectivity index (χ0v) is 6.78. The molecular formula is C7H11F3O2. The van der Waals surface area contributed by atoms with Crippen LogP contribution in [0.1, 0.15) is 26.2 Å². The van der Waals surface area contributed by atoms with E-state index in [9.17, 15) is 18.0 Å². The molecule has 0 N–H and O–H groups in total. The highest BCUT2D eigenvalue weighted by Gasteiger charge is 2.28. The molecule has 0 unspecified atom stereocenters. The predicted molar refractivity (Wildman–Crippen MR) is 36.5 cm³/mol. The molecule has 0 aromatic heterocycles. The Kier molecular flexibility index (Phi) is 4.70. The molecule has 12 heavy (non-hydrogen) atoms. The predicted octanol–water partition coefficient (Wildman–Crippen LogP) is 2.28. The molecule has 2 nitrogen and oxygen atoms in total. The van der Waals surface area contributed by atoms with E-state index in [1.807, 2.05) is 0 Å². The largest absolute Gasteiger partial charge is 0.466 e. The molecule has 0 rings (SSSR count). The highest BCUT2D eigenvalue weighted by Crippen LogP contribution is 2.21. The minimum absolute atomic E-state index is 0.191. The highest BCUT2D eigenvalue weighted by molar-refractivity contribution is 5.69. The molecule has 0 aliphatic carbocycles. The second-order valence-corrected chi connectivity index (χ2v) is 2.34. The monoisotopic (exact) mass is 184 g/mol. The molecule has 0 saturated heterocycles. The topological polar surface area (TPSA) is 26.3 Å². The lowest BCUT2D eigenvalue weighted by Crippen LogP contribution is -2.12. The van der Waals surface area contributed by atoms with E-state index in [0.717, 1.165) is 0 Å². The third kappa shape index (κ3) is 7.37. The summed E-state index contributed by atoms with van der Waals surface area (Å²) in [5.41, 5.74) is 0. The summed E-state index contributed by atoms with van der Waals surface area (Å²) in [7, 11) is 0. The Morgan fingerprint density at radius 2 is 2.00 bits per heavy atom. The number of esters is 1. The molecule has 0 heterocycles. The van der Waals surface area contributed by atoms with Crippen LogP contribution in [0.3, 0.4) is 0 Å². The molecule has 0 fully saturated rings. The Hall–Kier alpha value is -0.740. The fraction of sp³-hybridized carbons (Fsp3) is 0.857. The van der Waals surface area contributed by atoms with Crippen LogP contribution in [0.15, 0.2) is 0 Å². The van der Waals surface area contributed by atoms with Crippen LogP contribution < -0.4 is 0 Å². The summed E-state index contributed by atoms with van der Waals surface area (Å²) in [6, 6.07) is 0. The molecule has 0 aliphatic rings. The van der Waals surface area contributed by atoms with Crippen molar-refractivity contribution in [1.29, 1.82) is 0 Å². The summed E-state index contributed by atoms with van der Waals surface area (Å²) in [5, 5.41) is 0. The van der Waals surface area contributed by atoms with Crippen LogP contribution in [-0.2, 0) is 9.53 Å². The average molecular weight is 184 g/mol. The summed E-state index contributed by atoms with van der Waals surface area (Å²) < 4.78 is 39.0. The van der Waals surface area contributed by atoms with E-state index in [1.165, 1.54) is 0 Å². The first kappa shape index (κ1) is 11.3. The molecule has 5 heteroatoms. The molecule has 0 aromatic rings. The van der Waals surface area contributed by atoms with E-state index in [1.54, 1.807) is 6.92 Å². The normalized spacial score (nSPS) is 11.3. The molecule has 0 aromatic carbocycles. The van der Waals surface area contributed by atoms with Crippen molar-refractivity contribution in [2.45, 2.75) is 32.4 Å². The van der Waals surface area contributed by atoms with Gasteiger partial charge in [-0.1, -0.05) is 6.92 Å². The lowest BCUT2D eigenvalue weighted by molar-refractivity contribution is -0.157. The van der Waals surface area contributed by atoms with Gasteiger partial charge >= 0.3 is 12.1 Å². The molecule has 0 bridgehead atoms. The van der Waals surface area contributed by atoms with Gasteiger partial charge in [0, 0.05) is 0 Å². The van der Waals surface area contributed by atoms with Crippen molar-refractivity contribution >= 4 is 5.97 Å². The van der Waals surface area contributed by atoms with Gasteiger partial charge in [0.2, 0.25) is 0 Å². The maximum atomic E-state index is 11.5. The molecule has 0 spiro atoms. The van der Waals surface area contributed by atoms with Gasteiger partial charge in [-0.3, -0.25) is 4.79 Å². The van der Waals surface area contributed by atoms with Crippen molar-refractivity contribution in [2.75, 3.05) is 6.61 Å². The average Bonchev–Trinajstić information content (AvgIpc) is 1.95. The number of rotatable bonds is 4. The van der Waals surface area contributed by atoms with Crippen molar-refractivity contribution in [3.63, 3.8) is 0 Å². The van der Waals surface area contributed by atoms with E-state index in [2.05, 4.69) is 4.74 Å². The van der Waals surface area contributed by atoms with Crippen LogP contribution in [0, 0.1) is 0 Å². The van der Waals surface area contributed by atoms with E-state index in [0.29, 0.717) is 6.42 Å². The summed E-state index contributed by atoms with van der Waals surface area (Å²) in [4.78, 5) is 10.5. The van der Waals surface area contributed by atoms with Gasteiger partial charge in [-0.15, -0.1) is 0 Å². The molecule has 0 aliphatic heterocycles. The lowest BCUT2D eigenvalue weighted by atomic mass is 10.3. The molecule has 72 valence electrons.